The molecular formula is C5H10N2O. The van der Waals surface area contributed by atoms with Crippen LogP contribution in [0.2, 0.25) is 0 Å². The normalized spacial score (nSPS) is 16.4. The standard InChI is InChI=1S/C5H10N2O/c1-4(6)5(7)2-3-8/h2,4-5H,6-7H2,1H3. The highest BCUT2D eigenvalue weighted by Gasteiger charge is 2.01. The highest BCUT2D eigenvalue weighted by molar-refractivity contribution is 5.46. The molecule has 0 aromatic rings. The molecule has 46 valence electrons. The van der Waals surface area contributed by atoms with E-state index in [1.807, 2.05) is 0 Å². The van der Waals surface area contributed by atoms with Gasteiger partial charge in [0, 0.05) is 18.2 Å². The van der Waals surface area contributed by atoms with E-state index in [4.69, 9.17) is 11.5 Å². The van der Waals surface area contributed by atoms with Crippen LogP contribution in [0.3, 0.4) is 0 Å². The Morgan fingerprint density at radius 3 is 2.25 bits per heavy atom. The number of hydrogen-bond acceptors (Lipinski definition) is 3. The molecule has 2 atom stereocenters. The minimum absolute atomic E-state index is 0.170. The smallest absolute Gasteiger partial charge is 0.121 e. The summed E-state index contributed by atoms with van der Waals surface area (Å²) in [7, 11) is 0. The summed E-state index contributed by atoms with van der Waals surface area (Å²) in [5.74, 6) is 1.57. The first-order chi connectivity index (χ1) is 3.68. The predicted molar refractivity (Wildman–Crippen MR) is 31.9 cm³/mol. The zero-order valence-corrected chi connectivity index (χ0v) is 4.79. The molecule has 0 spiro atoms. The van der Waals surface area contributed by atoms with E-state index in [0.29, 0.717) is 0 Å². The van der Waals surface area contributed by atoms with Crippen LogP contribution in [0.4, 0.5) is 0 Å². The van der Waals surface area contributed by atoms with Gasteiger partial charge in [-0.1, -0.05) is 0 Å². The molecule has 0 aliphatic heterocycles. The molecule has 0 bridgehead atoms. The van der Waals surface area contributed by atoms with Crippen molar-refractivity contribution in [1.82, 2.24) is 0 Å². The maximum Gasteiger partial charge on any atom is 0.121 e. The second-order valence-electron chi connectivity index (χ2n) is 1.72. The maximum absolute atomic E-state index is 9.60. The molecule has 8 heavy (non-hydrogen) atoms. The monoisotopic (exact) mass is 114 g/mol. The third-order valence-electron chi connectivity index (χ3n) is 0.868. The van der Waals surface area contributed by atoms with Crippen molar-refractivity contribution in [2.75, 3.05) is 0 Å². The molecule has 4 N–H and O–H groups in total. The topological polar surface area (TPSA) is 69.1 Å². The second-order valence-corrected chi connectivity index (χ2v) is 1.72. The van der Waals surface area contributed by atoms with Crippen molar-refractivity contribution < 1.29 is 4.79 Å². The molecule has 0 fully saturated rings. The molecule has 0 saturated carbocycles. The fraction of sp³-hybridized carbons (Fsp3) is 0.600. The van der Waals surface area contributed by atoms with E-state index in [1.54, 1.807) is 12.9 Å². The summed E-state index contributed by atoms with van der Waals surface area (Å²) in [5, 5.41) is 0. The van der Waals surface area contributed by atoms with Gasteiger partial charge in [0.2, 0.25) is 0 Å². The quantitative estimate of drug-likeness (QED) is 0.455. The van der Waals surface area contributed by atoms with Crippen molar-refractivity contribution >= 4 is 5.94 Å². The Balaban J connectivity index is 3.63. The molecule has 3 nitrogen and oxygen atoms in total. The fourth-order valence-corrected chi connectivity index (χ4v) is 0.230. The molecule has 0 heterocycles. The molecule has 0 rings (SSSR count). The van der Waals surface area contributed by atoms with Gasteiger partial charge in [-0.25, -0.2) is 4.79 Å². The Morgan fingerprint density at radius 2 is 2.12 bits per heavy atom. The Hall–Kier alpha value is -0.630. The molecule has 0 aliphatic rings. The summed E-state index contributed by atoms with van der Waals surface area (Å²) < 4.78 is 0. The lowest BCUT2D eigenvalue weighted by Gasteiger charge is -2.06. The molecule has 2 unspecified atom stereocenters. The van der Waals surface area contributed by atoms with Gasteiger partial charge < -0.3 is 11.5 Å². The molecular weight excluding hydrogens is 104 g/mol. The Bertz CT molecular complexity index is 105. The zero-order valence-electron chi connectivity index (χ0n) is 4.79. The van der Waals surface area contributed by atoms with Crippen LogP contribution >= 0.6 is 0 Å². The lowest BCUT2D eigenvalue weighted by atomic mass is 10.2. The largest absolute Gasteiger partial charge is 0.326 e. The molecule has 0 aromatic heterocycles. The van der Waals surface area contributed by atoms with Crippen LogP contribution < -0.4 is 11.5 Å². The third-order valence-corrected chi connectivity index (χ3v) is 0.868. The Labute approximate surface area is 48.4 Å². The zero-order chi connectivity index (χ0) is 6.57. The average molecular weight is 114 g/mol. The molecule has 0 aromatic carbocycles. The third kappa shape index (κ3) is 2.53. The van der Waals surface area contributed by atoms with Crippen LogP contribution in [-0.4, -0.2) is 18.0 Å². The fourth-order valence-electron chi connectivity index (χ4n) is 0.230. The van der Waals surface area contributed by atoms with Crippen molar-refractivity contribution in [2.45, 2.75) is 19.0 Å². The summed E-state index contributed by atoms with van der Waals surface area (Å²) in [4.78, 5) is 9.60. The van der Waals surface area contributed by atoms with E-state index in [-0.39, 0.29) is 12.1 Å². The minimum atomic E-state index is -0.354. The van der Waals surface area contributed by atoms with Gasteiger partial charge in [-0.05, 0) is 6.92 Å². The van der Waals surface area contributed by atoms with Crippen LogP contribution in [0.15, 0.2) is 6.08 Å². The lowest BCUT2D eigenvalue weighted by Crippen LogP contribution is -2.37. The van der Waals surface area contributed by atoms with Crippen LogP contribution in [0.5, 0.6) is 0 Å². The van der Waals surface area contributed by atoms with Crippen LogP contribution in [0.25, 0.3) is 0 Å². The Morgan fingerprint density at radius 1 is 1.62 bits per heavy atom. The maximum atomic E-state index is 9.60. The predicted octanol–water partition coefficient (Wildman–Crippen LogP) is -0.951. The van der Waals surface area contributed by atoms with Crippen molar-refractivity contribution in [1.29, 1.82) is 0 Å². The van der Waals surface area contributed by atoms with E-state index in [1.165, 1.54) is 6.08 Å². The van der Waals surface area contributed by atoms with Crippen molar-refractivity contribution in [3.05, 3.63) is 6.08 Å². The van der Waals surface area contributed by atoms with E-state index in [0.717, 1.165) is 0 Å². The summed E-state index contributed by atoms with van der Waals surface area (Å²) in [6.07, 6.45) is 1.21. The molecule has 0 amide bonds. The van der Waals surface area contributed by atoms with Crippen molar-refractivity contribution in [3.8, 4) is 0 Å². The van der Waals surface area contributed by atoms with Gasteiger partial charge in [0.05, 0.1) is 0 Å². The van der Waals surface area contributed by atoms with Gasteiger partial charge in [-0.2, -0.15) is 0 Å². The van der Waals surface area contributed by atoms with Gasteiger partial charge in [-0.3, -0.25) is 0 Å². The first-order valence-electron chi connectivity index (χ1n) is 2.40. The summed E-state index contributed by atoms with van der Waals surface area (Å²) >= 11 is 0. The minimum Gasteiger partial charge on any atom is -0.326 e. The van der Waals surface area contributed by atoms with Gasteiger partial charge in [0.15, 0.2) is 0 Å². The first-order valence-corrected chi connectivity index (χ1v) is 2.40. The number of carbonyl (C=O) groups excluding carboxylic acids is 1. The first kappa shape index (κ1) is 7.37. The number of rotatable bonds is 2. The summed E-state index contributed by atoms with van der Waals surface area (Å²) in [6, 6.07) is -0.524. The summed E-state index contributed by atoms with van der Waals surface area (Å²) in [6.45, 7) is 1.73. The highest BCUT2D eigenvalue weighted by Crippen LogP contribution is 1.81. The number of hydrogen-bond donors (Lipinski definition) is 2. The van der Waals surface area contributed by atoms with Crippen LogP contribution in [0, 0.1) is 0 Å². The molecule has 3 heteroatoms. The number of nitrogens with two attached hydrogens (primary N) is 2. The van der Waals surface area contributed by atoms with Crippen LogP contribution in [-0.2, 0) is 4.79 Å². The van der Waals surface area contributed by atoms with E-state index < -0.39 is 0 Å². The molecule has 0 aliphatic carbocycles. The molecule has 0 radical (unpaired) electrons. The van der Waals surface area contributed by atoms with Crippen LogP contribution in [0.1, 0.15) is 6.92 Å². The average Bonchev–Trinajstić information content (AvgIpc) is 1.67. The van der Waals surface area contributed by atoms with E-state index in [2.05, 4.69) is 0 Å². The second kappa shape index (κ2) is 3.38. The van der Waals surface area contributed by atoms with Gasteiger partial charge in [0.1, 0.15) is 5.94 Å². The Kier molecular flexibility index (Phi) is 3.12. The van der Waals surface area contributed by atoms with Gasteiger partial charge in [-0.15, -0.1) is 0 Å². The van der Waals surface area contributed by atoms with Gasteiger partial charge >= 0.3 is 0 Å². The van der Waals surface area contributed by atoms with Crippen molar-refractivity contribution in [3.63, 3.8) is 0 Å². The lowest BCUT2D eigenvalue weighted by molar-refractivity contribution is 0.564. The highest BCUT2D eigenvalue weighted by atomic mass is 16.1. The van der Waals surface area contributed by atoms with E-state index in [9.17, 15) is 4.79 Å². The van der Waals surface area contributed by atoms with E-state index >= 15 is 0 Å². The molecule has 0 saturated heterocycles. The van der Waals surface area contributed by atoms with Gasteiger partial charge in [0.25, 0.3) is 0 Å². The SMILES string of the molecule is CC(N)C(N)C=C=O. The van der Waals surface area contributed by atoms with Crippen molar-refractivity contribution in [2.24, 2.45) is 11.5 Å². The summed E-state index contributed by atoms with van der Waals surface area (Å²) in [5.41, 5.74) is 10.6.